The van der Waals surface area contributed by atoms with E-state index in [1.807, 2.05) is 43.3 Å². The normalized spacial score (nSPS) is 11.4. The molecule has 3 rings (SSSR count). The fourth-order valence-corrected chi connectivity index (χ4v) is 4.67. The molecule has 1 amide bonds. The van der Waals surface area contributed by atoms with Crippen LogP contribution in [0.1, 0.15) is 38.3 Å². The first-order chi connectivity index (χ1) is 15.3. The number of nitrogens with zero attached hydrogens (tertiary/aromatic N) is 3. The molecule has 1 N–H and O–H groups in total. The Hall–Kier alpha value is -2.77. The fourth-order valence-electron chi connectivity index (χ4n) is 3.61. The van der Waals surface area contributed by atoms with Crippen LogP contribution in [0.5, 0.6) is 5.75 Å². The highest BCUT2D eigenvalue weighted by Crippen LogP contribution is 2.28. The number of ether oxygens (including phenoxy) is 1. The average molecular weight is 453 g/mol. The highest BCUT2D eigenvalue weighted by Gasteiger charge is 2.14. The van der Waals surface area contributed by atoms with Crippen LogP contribution in [0.2, 0.25) is 0 Å². The maximum Gasteiger partial charge on any atom is 0.229 e. The molecule has 32 heavy (non-hydrogen) atoms. The van der Waals surface area contributed by atoms with Gasteiger partial charge >= 0.3 is 0 Å². The van der Waals surface area contributed by atoms with Crippen LogP contribution in [0.15, 0.2) is 48.8 Å². The summed E-state index contributed by atoms with van der Waals surface area (Å²) < 4.78 is 5.94. The Balaban J connectivity index is 1.56. The van der Waals surface area contributed by atoms with Gasteiger partial charge in [-0.3, -0.25) is 14.7 Å². The predicted molar refractivity (Wildman–Crippen MR) is 131 cm³/mol. The van der Waals surface area contributed by atoms with Crippen LogP contribution in [0.4, 0.5) is 5.69 Å². The lowest BCUT2D eigenvalue weighted by atomic mass is 10.2. The van der Waals surface area contributed by atoms with Crippen molar-refractivity contribution < 1.29 is 9.53 Å². The molecule has 0 aliphatic heterocycles. The number of aromatic nitrogens is 2. The van der Waals surface area contributed by atoms with E-state index < -0.39 is 0 Å². The van der Waals surface area contributed by atoms with Crippen LogP contribution in [-0.2, 0) is 11.2 Å². The van der Waals surface area contributed by atoms with Gasteiger partial charge in [0.25, 0.3) is 0 Å². The van der Waals surface area contributed by atoms with Gasteiger partial charge in [-0.25, -0.2) is 4.98 Å². The van der Waals surface area contributed by atoms with Crippen molar-refractivity contribution in [3.05, 3.63) is 59.4 Å². The van der Waals surface area contributed by atoms with Gasteiger partial charge in [0.15, 0.2) is 0 Å². The second-order valence-corrected chi connectivity index (χ2v) is 9.37. The summed E-state index contributed by atoms with van der Waals surface area (Å²) in [5, 5.41) is 3.88. The van der Waals surface area contributed by atoms with E-state index in [0.29, 0.717) is 18.7 Å². The van der Waals surface area contributed by atoms with E-state index in [2.05, 4.69) is 47.9 Å². The van der Waals surface area contributed by atoms with Gasteiger partial charge in [0, 0.05) is 53.2 Å². The molecule has 7 heteroatoms. The number of thiazole rings is 1. The van der Waals surface area contributed by atoms with Gasteiger partial charge in [0.1, 0.15) is 17.4 Å². The minimum absolute atomic E-state index is 0.0685. The number of hydrogen-bond acceptors (Lipinski definition) is 6. The van der Waals surface area contributed by atoms with Gasteiger partial charge in [0.05, 0.1) is 12.1 Å². The molecule has 0 saturated carbocycles. The molecule has 0 unspecified atom stereocenters. The first-order valence-electron chi connectivity index (χ1n) is 11.0. The molecule has 3 aromatic rings. The molecule has 2 aromatic heterocycles. The Kier molecular flexibility index (Phi) is 8.36. The Morgan fingerprint density at radius 1 is 1.12 bits per heavy atom. The second kappa shape index (κ2) is 11.2. The van der Waals surface area contributed by atoms with Gasteiger partial charge in [0.2, 0.25) is 5.91 Å². The van der Waals surface area contributed by atoms with E-state index in [0.717, 1.165) is 39.1 Å². The number of carbonyl (C=O) groups is 1. The number of hydrogen-bond donors (Lipinski definition) is 1. The van der Waals surface area contributed by atoms with Crippen molar-refractivity contribution in [2.75, 3.05) is 18.5 Å². The minimum Gasteiger partial charge on any atom is -0.492 e. The Bertz CT molecular complexity index is 1010. The highest BCUT2D eigenvalue weighted by atomic mass is 32.1. The number of benzene rings is 1. The van der Waals surface area contributed by atoms with Crippen molar-refractivity contribution in [3.63, 3.8) is 0 Å². The topological polar surface area (TPSA) is 67.3 Å². The highest BCUT2D eigenvalue weighted by molar-refractivity contribution is 7.15. The quantitative estimate of drug-likeness (QED) is 0.458. The summed E-state index contributed by atoms with van der Waals surface area (Å²) >= 11 is 1.54. The number of amides is 1. The zero-order chi connectivity index (χ0) is 23.1. The molecule has 0 saturated heterocycles. The number of rotatable bonds is 10. The van der Waals surface area contributed by atoms with Crippen LogP contribution in [-0.4, -0.2) is 46.0 Å². The first-order valence-corrected chi connectivity index (χ1v) is 11.8. The van der Waals surface area contributed by atoms with E-state index in [4.69, 9.17) is 4.74 Å². The molecular formula is C25H32N4O2S. The molecule has 0 radical (unpaired) electrons. The van der Waals surface area contributed by atoms with Gasteiger partial charge in [-0.2, -0.15) is 0 Å². The summed E-state index contributed by atoms with van der Waals surface area (Å²) in [5.41, 5.74) is 2.63. The lowest BCUT2D eigenvalue weighted by Crippen LogP contribution is -2.39. The fraction of sp³-hybridized carbons (Fsp3) is 0.400. The third kappa shape index (κ3) is 6.61. The number of nitrogens with one attached hydrogen (secondary N) is 1. The zero-order valence-electron chi connectivity index (χ0n) is 19.5. The maximum absolute atomic E-state index is 12.7. The standard InChI is InChI=1S/C25H32N4O2S/c1-17(2)29(18(3)4)13-14-31-22-8-6-7-21(15-22)28-24(30)16-23-19(5)27-25(32-23)20-9-11-26-12-10-20/h6-12,15,17-18H,13-14,16H2,1-5H3,(H,28,30). The molecule has 6 nitrogen and oxygen atoms in total. The Morgan fingerprint density at radius 2 is 1.84 bits per heavy atom. The van der Waals surface area contributed by atoms with Gasteiger partial charge in [-0.05, 0) is 58.9 Å². The van der Waals surface area contributed by atoms with Crippen LogP contribution in [0.25, 0.3) is 10.6 Å². The van der Waals surface area contributed by atoms with Gasteiger partial charge < -0.3 is 10.1 Å². The largest absolute Gasteiger partial charge is 0.492 e. The summed E-state index contributed by atoms with van der Waals surface area (Å²) in [6.07, 6.45) is 3.78. The summed E-state index contributed by atoms with van der Waals surface area (Å²) in [7, 11) is 0. The second-order valence-electron chi connectivity index (χ2n) is 8.29. The van der Waals surface area contributed by atoms with Crippen LogP contribution >= 0.6 is 11.3 Å². The van der Waals surface area contributed by atoms with E-state index in [-0.39, 0.29) is 12.3 Å². The molecular weight excluding hydrogens is 420 g/mol. The van der Waals surface area contributed by atoms with Crippen molar-refractivity contribution >= 4 is 22.9 Å². The minimum atomic E-state index is -0.0685. The number of anilines is 1. The molecule has 0 aliphatic rings. The maximum atomic E-state index is 12.7. The lowest BCUT2D eigenvalue weighted by Gasteiger charge is -2.30. The molecule has 170 valence electrons. The monoisotopic (exact) mass is 452 g/mol. The molecule has 1 aromatic carbocycles. The molecule has 0 aliphatic carbocycles. The Labute approximate surface area is 194 Å². The van der Waals surface area contributed by atoms with Crippen molar-refractivity contribution in [2.45, 2.75) is 53.1 Å². The molecule has 0 bridgehead atoms. The van der Waals surface area contributed by atoms with Crippen LogP contribution in [0, 0.1) is 6.92 Å². The predicted octanol–water partition coefficient (Wildman–Crippen LogP) is 5.19. The number of aryl methyl sites for hydroxylation is 1. The lowest BCUT2D eigenvalue weighted by molar-refractivity contribution is -0.115. The van der Waals surface area contributed by atoms with Crippen LogP contribution < -0.4 is 10.1 Å². The summed E-state index contributed by atoms with van der Waals surface area (Å²) in [6, 6.07) is 12.4. The molecule has 2 heterocycles. The van der Waals surface area contributed by atoms with Gasteiger partial charge in [-0.15, -0.1) is 11.3 Å². The smallest absolute Gasteiger partial charge is 0.229 e. The van der Waals surface area contributed by atoms with Crippen molar-refractivity contribution in [1.82, 2.24) is 14.9 Å². The third-order valence-electron chi connectivity index (χ3n) is 5.20. The van der Waals surface area contributed by atoms with E-state index >= 15 is 0 Å². The van der Waals surface area contributed by atoms with Crippen molar-refractivity contribution in [1.29, 1.82) is 0 Å². The zero-order valence-corrected chi connectivity index (χ0v) is 20.3. The van der Waals surface area contributed by atoms with E-state index in [9.17, 15) is 4.79 Å². The van der Waals surface area contributed by atoms with Crippen molar-refractivity contribution in [2.24, 2.45) is 0 Å². The number of carbonyl (C=O) groups excluding carboxylic acids is 1. The number of pyridine rings is 1. The summed E-state index contributed by atoms with van der Waals surface area (Å²) in [5.74, 6) is 0.685. The van der Waals surface area contributed by atoms with E-state index in [1.165, 1.54) is 0 Å². The van der Waals surface area contributed by atoms with E-state index in [1.54, 1.807) is 23.7 Å². The van der Waals surface area contributed by atoms with Crippen LogP contribution in [0.3, 0.4) is 0 Å². The van der Waals surface area contributed by atoms with Crippen molar-refractivity contribution in [3.8, 4) is 16.3 Å². The molecule has 0 spiro atoms. The third-order valence-corrected chi connectivity index (χ3v) is 6.41. The average Bonchev–Trinajstić information content (AvgIpc) is 3.11. The Morgan fingerprint density at radius 3 is 2.53 bits per heavy atom. The summed E-state index contributed by atoms with van der Waals surface area (Å²) in [6.45, 7) is 12.2. The van der Waals surface area contributed by atoms with Gasteiger partial charge in [-0.1, -0.05) is 6.07 Å². The summed E-state index contributed by atoms with van der Waals surface area (Å²) in [4.78, 5) is 24.7. The first kappa shape index (κ1) is 23.9. The SMILES string of the molecule is Cc1nc(-c2ccncc2)sc1CC(=O)Nc1cccc(OCCN(C(C)C)C(C)C)c1. The molecule has 0 fully saturated rings. The molecule has 0 atom stereocenters.